The van der Waals surface area contributed by atoms with Crippen molar-refractivity contribution in [1.82, 2.24) is 5.32 Å². The summed E-state index contributed by atoms with van der Waals surface area (Å²) in [5, 5.41) is 12.4. The van der Waals surface area contributed by atoms with Gasteiger partial charge in [-0.25, -0.2) is 0 Å². The van der Waals surface area contributed by atoms with E-state index in [9.17, 15) is 0 Å². The van der Waals surface area contributed by atoms with Crippen LogP contribution in [0.1, 0.15) is 30.0 Å². The van der Waals surface area contributed by atoms with E-state index in [-0.39, 0.29) is 6.04 Å². The first-order valence-corrected chi connectivity index (χ1v) is 5.02. The maximum Gasteiger partial charge on any atom is 0.121 e. The third-order valence-electron chi connectivity index (χ3n) is 2.61. The fourth-order valence-electron chi connectivity index (χ4n) is 1.59. The third-order valence-corrected chi connectivity index (χ3v) is 2.61. The van der Waals surface area contributed by atoms with Crippen molar-refractivity contribution in [3.63, 3.8) is 0 Å². The van der Waals surface area contributed by atoms with Crippen LogP contribution in [0, 0.1) is 18.3 Å². The highest BCUT2D eigenvalue weighted by atomic mass is 15.0. The molecule has 0 bridgehead atoms. The Labute approximate surface area is 84.6 Å². The number of aryl methyl sites for hydroxylation is 1. The second-order valence-electron chi connectivity index (χ2n) is 3.86. The summed E-state index contributed by atoms with van der Waals surface area (Å²) in [6.07, 6.45) is 2.42. The first-order chi connectivity index (χ1) is 6.81. The Kier molecular flexibility index (Phi) is 2.51. The van der Waals surface area contributed by atoms with Crippen molar-refractivity contribution in [2.75, 3.05) is 0 Å². The Morgan fingerprint density at radius 3 is 2.71 bits per heavy atom. The molecule has 1 saturated carbocycles. The van der Waals surface area contributed by atoms with Crippen molar-refractivity contribution in [1.29, 1.82) is 5.26 Å². The van der Waals surface area contributed by atoms with Crippen molar-refractivity contribution in [3.8, 4) is 6.07 Å². The van der Waals surface area contributed by atoms with E-state index in [1.165, 1.54) is 18.4 Å². The molecule has 1 aliphatic rings. The van der Waals surface area contributed by atoms with Gasteiger partial charge < -0.3 is 0 Å². The molecule has 14 heavy (non-hydrogen) atoms. The highest BCUT2D eigenvalue weighted by Crippen LogP contribution is 2.25. The Balaban J connectivity index is 2.18. The van der Waals surface area contributed by atoms with Gasteiger partial charge in [-0.1, -0.05) is 24.3 Å². The molecule has 1 N–H and O–H groups in total. The molecule has 2 nitrogen and oxygen atoms in total. The zero-order valence-electron chi connectivity index (χ0n) is 8.33. The zero-order valence-corrected chi connectivity index (χ0v) is 8.33. The molecule has 1 aliphatic carbocycles. The second-order valence-corrected chi connectivity index (χ2v) is 3.86. The molecule has 1 aromatic carbocycles. The number of nitrogens with zero attached hydrogens (tertiary/aromatic N) is 1. The Morgan fingerprint density at radius 2 is 2.14 bits per heavy atom. The fraction of sp³-hybridized carbons (Fsp3) is 0.417. The average Bonchev–Trinajstić information content (AvgIpc) is 2.99. The van der Waals surface area contributed by atoms with E-state index in [2.05, 4.69) is 11.4 Å². The maximum absolute atomic E-state index is 9.07. The molecule has 0 radical (unpaired) electrons. The van der Waals surface area contributed by atoms with Crippen LogP contribution in [0.4, 0.5) is 0 Å². The number of benzene rings is 1. The van der Waals surface area contributed by atoms with Crippen LogP contribution in [0.5, 0.6) is 0 Å². The molecule has 1 atom stereocenters. The van der Waals surface area contributed by atoms with Gasteiger partial charge in [0.15, 0.2) is 0 Å². The van der Waals surface area contributed by atoms with Gasteiger partial charge in [0.05, 0.1) is 6.07 Å². The molecule has 0 aromatic heterocycles. The summed E-state index contributed by atoms with van der Waals surface area (Å²) in [6, 6.07) is 10.8. The predicted octanol–water partition coefficient (Wildman–Crippen LogP) is 2.31. The van der Waals surface area contributed by atoms with Gasteiger partial charge in [-0.05, 0) is 30.9 Å². The summed E-state index contributed by atoms with van der Waals surface area (Å²) < 4.78 is 0. The first-order valence-electron chi connectivity index (χ1n) is 5.02. The number of nitrogens with one attached hydrogen (secondary N) is 1. The summed E-state index contributed by atoms with van der Waals surface area (Å²) in [4.78, 5) is 0. The van der Waals surface area contributed by atoms with Crippen LogP contribution >= 0.6 is 0 Å². The average molecular weight is 186 g/mol. The Hall–Kier alpha value is -1.33. The summed E-state index contributed by atoms with van der Waals surface area (Å²) >= 11 is 0. The predicted molar refractivity (Wildman–Crippen MR) is 55.7 cm³/mol. The van der Waals surface area contributed by atoms with E-state index in [0.717, 1.165) is 5.56 Å². The lowest BCUT2D eigenvalue weighted by Crippen LogP contribution is -2.22. The highest BCUT2D eigenvalue weighted by molar-refractivity contribution is 5.32. The lowest BCUT2D eigenvalue weighted by Gasteiger charge is -2.13. The number of hydrogen-bond acceptors (Lipinski definition) is 2. The quantitative estimate of drug-likeness (QED) is 0.786. The lowest BCUT2D eigenvalue weighted by molar-refractivity contribution is 0.623. The van der Waals surface area contributed by atoms with E-state index >= 15 is 0 Å². The van der Waals surface area contributed by atoms with E-state index in [0.29, 0.717) is 6.04 Å². The van der Waals surface area contributed by atoms with E-state index < -0.39 is 0 Å². The van der Waals surface area contributed by atoms with Crippen LogP contribution in [0.2, 0.25) is 0 Å². The number of hydrogen-bond donors (Lipinski definition) is 1. The highest BCUT2D eigenvalue weighted by Gasteiger charge is 2.25. The van der Waals surface area contributed by atoms with Crippen LogP contribution in [-0.2, 0) is 0 Å². The molecular formula is C12H14N2. The largest absolute Gasteiger partial charge is 0.295 e. The normalized spacial score (nSPS) is 17.4. The molecule has 72 valence electrons. The zero-order chi connectivity index (χ0) is 9.97. The van der Waals surface area contributed by atoms with Gasteiger partial charge in [-0.3, -0.25) is 5.32 Å². The Morgan fingerprint density at radius 1 is 1.43 bits per heavy atom. The number of nitriles is 1. The monoisotopic (exact) mass is 186 g/mol. The van der Waals surface area contributed by atoms with Crippen LogP contribution in [0.25, 0.3) is 0 Å². The minimum atomic E-state index is -0.135. The lowest BCUT2D eigenvalue weighted by atomic mass is 10.0. The smallest absolute Gasteiger partial charge is 0.121 e. The van der Waals surface area contributed by atoms with Gasteiger partial charge in [0.2, 0.25) is 0 Å². The van der Waals surface area contributed by atoms with Gasteiger partial charge in [0.25, 0.3) is 0 Å². The van der Waals surface area contributed by atoms with Crippen LogP contribution in [0.15, 0.2) is 24.3 Å². The van der Waals surface area contributed by atoms with Crippen molar-refractivity contribution in [3.05, 3.63) is 35.4 Å². The van der Waals surface area contributed by atoms with Crippen molar-refractivity contribution in [2.24, 2.45) is 0 Å². The molecule has 0 spiro atoms. The summed E-state index contributed by atoms with van der Waals surface area (Å²) in [7, 11) is 0. The second kappa shape index (κ2) is 3.81. The van der Waals surface area contributed by atoms with Gasteiger partial charge in [0, 0.05) is 6.04 Å². The van der Waals surface area contributed by atoms with Crippen LogP contribution < -0.4 is 5.32 Å². The van der Waals surface area contributed by atoms with Crippen molar-refractivity contribution >= 4 is 0 Å². The molecule has 0 saturated heterocycles. The molecule has 2 heteroatoms. The van der Waals surface area contributed by atoms with Gasteiger partial charge in [0.1, 0.15) is 6.04 Å². The van der Waals surface area contributed by atoms with E-state index in [1.807, 2.05) is 31.2 Å². The topological polar surface area (TPSA) is 35.8 Å². The molecule has 2 rings (SSSR count). The van der Waals surface area contributed by atoms with Gasteiger partial charge in [-0.15, -0.1) is 0 Å². The van der Waals surface area contributed by atoms with Crippen LogP contribution in [-0.4, -0.2) is 6.04 Å². The summed E-state index contributed by atoms with van der Waals surface area (Å²) in [5.41, 5.74) is 2.30. The Bertz CT molecular complexity index is 361. The van der Waals surface area contributed by atoms with Crippen molar-refractivity contribution < 1.29 is 0 Å². The molecule has 0 amide bonds. The standard InChI is InChI=1S/C12H14N2/c1-9-4-2-3-5-11(9)12(8-13)14-10-6-7-10/h2-5,10,12,14H,6-7H2,1H3. The SMILES string of the molecule is Cc1ccccc1C(C#N)NC1CC1. The fourth-order valence-corrected chi connectivity index (χ4v) is 1.59. The maximum atomic E-state index is 9.07. The van der Waals surface area contributed by atoms with Crippen molar-refractivity contribution in [2.45, 2.75) is 31.8 Å². The van der Waals surface area contributed by atoms with Crippen LogP contribution in [0.3, 0.4) is 0 Å². The molecule has 1 aromatic rings. The molecule has 1 unspecified atom stereocenters. The minimum absolute atomic E-state index is 0.135. The van der Waals surface area contributed by atoms with Gasteiger partial charge >= 0.3 is 0 Å². The minimum Gasteiger partial charge on any atom is -0.295 e. The summed E-state index contributed by atoms with van der Waals surface area (Å²) in [6.45, 7) is 2.05. The van der Waals surface area contributed by atoms with Gasteiger partial charge in [-0.2, -0.15) is 5.26 Å². The summed E-state index contributed by atoms with van der Waals surface area (Å²) in [5.74, 6) is 0. The molecule has 1 fully saturated rings. The molecule has 0 aliphatic heterocycles. The first kappa shape index (κ1) is 9.23. The molecular weight excluding hydrogens is 172 g/mol. The van der Waals surface area contributed by atoms with E-state index in [1.54, 1.807) is 0 Å². The van der Waals surface area contributed by atoms with E-state index in [4.69, 9.17) is 5.26 Å². The molecule has 0 heterocycles. The number of rotatable bonds is 3. The third kappa shape index (κ3) is 1.94.